The van der Waals surface area contributed by atoms with E-state index in [-0.39, 0.29) is 0 Å². The molecule has 0 saturated carbocycles. The Kier molecular flexibility index (Phi) is 6.53. The van der Waals surface area contributed by atoms with Gasteiger partial charge in [-0.3, -0.25) is 0 Å². The molecule has 0 bridgehead atoms. The summed E-state index contributed by atoms with van der Waals surface area (Å²) < 4.78 is 0. The molecule has 2 aliphatic rings. The van der Waals surface area contributed by atoms with Gasteiger partial charge >= 0.3 is 0 Å². The van der Waals surface area contributed by atoms with Crippen LogP contribution < -0.4 is 10.7 Å². The lowest BCUT2D eigenvalue weighted by Gasteiger charge is -2.22. The van der Waals surface area contributed by atoms with Gasteiger partial charge in [-0.2, -0.15) is 0 Å². The summed E-state index contributed by atoms with van der Waals surface area (Å²) in [6.07, 6.45) is 0. The summed E-state index contributed by atoms with van der Waals surface area (Å²) in [6, 6.07) is 65.1. The van der Waals surface area contributed by atoms with Crippen molar-refractivity contribution < 1.29 is 0 Å². The standard InChI is InChI=1S/C48H30N2/c1-4-15-31(16-5-1)34-21-10-11-22-36(34)38-24-14-25-40(44(38)33-19-8-3-9-20-33)45-35(32-17-6-2-7-18-32)27-29-42-46(45)47-43(49-42)30-28-39-37-23-12-13-26-41(37)50-48(39)47/h1-30H. The Bertz CT molecular complexity index is 2840. The van der Waals surface area contributed by atoms with E-state index < -0.39 is 0 Å². The van der Waals surface area contributed by atoms with Gasteiger partial charge in [0, 0.05) is 27.1 Å². The van der Waals surface area contributed by atoms with Crippen LogP contribution in [0.2, 0.25) is 0 Å². The Labute approximate surface area is 290 Å². The van der Waals surface area contributed by atoms with Crippen molar-refractivity contribution >= 4 is 11.4 Å². The summed E-state index contributed by atoms with van der Waals surface area (Å²) in [5, 5.41) is 4.31. The van der Waals surface area contributed by atoms with Gasteiger partial charge < -0.3 is 0 Å². The maximum atomic E-state index is 5.25. The molecule has 0 unspecified atom stereocenters. The second-order valence-corrected chi connectivity index (χ2v) is 12.9. The number of para-hydroxylation sites is 1. The number of fused-ring (bicyclic) bond motifs is 6. The van der Waals surface area contributed by atoms with Gasteiger partial charge in [-0.15, -0.1) is 0 Å². The van der Waals surface area contributed by atoms with Crippen molar-refractivity contribution in [3.05, 3.63) is 203 Å². The van der Waals surface area contributed by atoms with Crippen molar-refractivity contribution in [2.75, 3.05) is 0 Å². The van der Waals surface area contributed by atoms with E-state index in [0.29, 0.717) is 0 Å². The molecule has 0 radical (unpaired) electrons. The fourth-order valence-corrected chi connectivity index (χ4v) is 7.87. The Morgan fingerprint density at radius 3 is 1.62 bits per heavy atom. The number of nitrogens with zero attached hydrogens (tertiary/aromatic N) is 2. The molecule has 50 heavy (non-hydrogen) atoms. The van der Waals surface area contributed by atoms with Crippen LogP contribution in [0.1, 0.15) is 0 Å². The van der Waals surface area contributed by atoms with Gasteiger partial charge in [0.15, 0.2) is 0 Å². The quantitative estimate of drug-likeness (QED) is 0.180. The second kappa shape index (κ2) is 11.5. The zero-order valence-corrected chi connectivity index (χ0v) is 27.2. The molecule has 0 fully saturated rings. The Morgan fingerprint density at radius 2 is 0.860 bits per heavy atom. The highest BCUT2D eigenvalue weighted by Gasteiger charge is 2.28. The van der Waals surface area contributed by atoms with Crippen molar-refractivity contribution in [1.29, 1.82) is 0 Å². The van der Waals surface area contributed by atoms with Gasteiger partial charge in [0.05, 0.1) is 22.1 Å². The fourth-order valence-electron chi connectivity index (χ4n) is 7.87. The Balaban J connectivity index is 1.34. The molecule has 0 atom stereocenters. The molecule has 10 rings (SSSR count). The molecule has 8 aromatic carbocycles. The molecule has 232 valence electrons. The highest BCUT2D eigenvalue weighted by molar-refractivity contribution is 6.08. The van der Waals surface area contributed by atoms with E-state index in [0.717, 1.165) is 38.4 Å². The van der Waals surface area contributed by atoms with Crippen LogP contribution in [0.4, 0.5) is 11.4 Å². The predicted molar refractivity (Wildman–Crippen MR) is 205 cm³/mol. The van der Waals surface area contributed by atoms with Crippen molar-refractivity contribution in [2.45, 2.75) is 0 Å². The average molecular weight is 635 g/mol. The summed E-state index contributed by atoms with van der Waals surface area (Å²) in [4.78, 5) is 10.5. The minimum Gasteiger partial charge on any atom is -0.248 e. The molecule has 0 aromatic heterocycles. The van der Waals surface area contributed by atoms with E-state index in [1.165, 1.54) is 60.9 Å². The van der Waals surface area contributed by atoms with Crippen molar-refractivity contribution in [1.82, 2.24) is 0 Å². The lowest BCUT2D eigenvalue weighted by atomic mass is 9.80. The first kappa shape index (κ1) is 28.4. The van der Waals surface area contributed by atoms with Crippen molar-refractivity contribution in [2.24, 2.45) is 9.98 Å². The maximum Gasteiger partial charge on any atom is 0.0817 e. The highest BCUT2D eigenvalue weighted by atomic mass is 14.8. The Morgan fingerprint density at radius 1 is 0.260 bits per heavy atom. The number of benzene rings is 8. The van der Waals surface area contributed by atoms with Crippen LogP contribution in [0, 0.1) is 10.4 Å². The maximum absolute atomic E-state index is 5.25. The lowest BCUT2D eigenvalue weighted by molar-refractivity contribution is 1.36. The monoisotopic (exact) mass is 634 g/mol. The molecular weight excluding hydrogens is 605 g/mol. The second-order valence-electron chi connectivity index (χ2n) is 12.9. The predicted octanol–water partition coefficient (Wildman–Crippen LogP) is 11.5. The molecule has 0 amide bonds. The van der Waals surface area contributed by atoms with Gasteiger partial charge in [0.1, 0.15) is 0 Å². The van der Waals surface area contributed by atoms with Crippen molar-refractivity contribution in [3.63, 3.8) is 0 Å². The van der Waals surface area contributed by atoms with Crippen molar-refractivity contribution in [3.8, 4) is 66.8 Å². The first-order valence-corrected chi connectivity index (χ1v) is 17.1. The summed E-state index contributed by atoms with van der Waals surface area (Å²) >= 11 is 0. The molecule has 8 aromatic rings. The first-order valence-electron chi connectivity index (χ1n) is 17.1. The lowest BCUT2D eigenvalue weighted by Crippen LogP contribution is -2.02. The van der Waals surface area contributed by atoms with Crippen LogP contribution >= 0.6 is 0 Å². The molecule has 2 aliphatic heterocycles. The summed E-state index contributed by atoms with van der Waals surface area (Å²) in [6.45, 7) is 0. The number of rotatable bonds is 5. The Hall–Kier alpha value is -6.64. The minimum atomic E-state index is 0.966. The molecule has 0 aliphatic carbocycles. The van der Waals surface area contributed by atoms with Crippen LogP contribution in [0.5, 0.6) is 0 Å². The van der Waals surface area contributed by atoms with Crippen LogP contribution in [0.3, 0.4) is 0 Å². The van der Waals surface area contributed by atoms with Gasteiger partial charge in [0.25, 0.3) is 0 Å². The van der Waals surface area contributed by atoms with E-state index in [1.54, 1.807) is 0 Å². The highest BCUT2D eigenvalue weighted by Crippen LogP contribution is 2.53. The smallest absolute Gasteiger partial charge is 0.0817 e. The third kappa shape index (κ3) is 4.43. The third-order valence-corrected chi connectivity index (χ3v) is 10.0. The molecule has 2 heterocycles. The third-order valence-electron chi connectivity index (χ3n) is 10.0. The molecule has 0 spiro atoms. The molecule has 0 N–H and O–H groups in total. The van der Waals surface area contributed by atoms with Crippen LogP contribution in [-0.2, 0) is 0 Å². The van der Waals surface area contributed by atoms with E-state index in [1.807, 2.05) is 0 Å². The van der Waals surface area contributed by atoms with E-state index in [2.05, 4.69) is 182 Å². The molecular formula is C48H30N2. The summed E-state index contributed by atoms with van der Waals surface area (Å²) in [5.74, 6) is 0. The summed E-state index contributed by atoms with van der Waals surface area (Å²) in [5.41, 5.74) is 16.1. The molecule has 0 saturated heterocycles. The van der Waals surface area contributed by atoms with E-state index in [4.69, 9.17) is 9.98 Å². The number of hydrogen-bond acceptors (Lipinski definition) is 2. The normalized spacial score (nSPS) is 11.9. The number of hydrogen-bond donors (Lipinski definition) is 0. The topological polar surface area (TPSA) is 24.7 Å². The van der Waals surface area contributed by atoms with Gasteiger partial charge in [0.2, 0.25) is 0 Å². The SMILES string of the molecule is c1ccc(-c2ccccc2-c2cccc(-c3c(-c4ccccc4)ccc4c3-c3c5c(ccc3=N4)=c3ccccc3=N5)c2-c2ccccc2)cc1. The molecule has 2 heteroatoms. The fraction of sp³-hybridized carbons (Fsp3) is 0. The average Bonchev–Trinajstić information content (AvgIpc) is 3.77. The zero-order chi connectivity index (χ0) is 33.0. The first-order chi connectivity index (χ1) is 24.8. The minimum absolute atomic E-state index is 0.966. The largest absolute Gasteiger partial charge is 0.248 e. The van der Waals surface area contributed by atoms with E-state index in [9.17, 15) is 0 Å². The van der Waals surface area contributed by atoms with E-state index >= 15 is 0 Å². The summed E-state index contributed by atoms with van der Waals surface area (Å²) in [7, 11) is 0. The van der Waals surface area contributed by atoms with Crippen LogP contribution in [-0.4, -0.2) is 0 Å². The zero-order valence-electron chi connectivity index (χ0n) is 27.2. The van der Waals surface area contributed by atoms with Gasteiger partial charge in [-0.25, -0.2) is 9.98 Å². The van der Waals surface area contributed by atoms with Gasteiger partial charge in [-0.1, -0.05) is 158 Å². The van der Waals surface area contributed by atoms with Crippen LogP contribution in [0.15, 0.2) is 192 Å². The van der Waals surface area contributed by atoms with Gasteiger partial charge in [-0.05, 0) is 74.3 Å². The molecule has 2 nitrogen and oxygen atoms in total. The van der Waals surface area contributed by atoms with Crippen LogP contribution in [0.25, 0.3) is 66.8 Å².